The molecule has 1 aliphatic carbocycles. The van der Waals surface area contributed by atoms with Gasteiger partial charge in [0.1, 0.15) is 11.9 Å². The number of thiazole rings is 1. The van der Waals surface area contributed by atoms with E-state index in [1.165, 1.54) is 18.2 Å². The smallest absolute Gasteiger partial charge is 0.416 e. The summed E-state index contributed by atoms with van der Waals surface area (Å²) < 4.78 is 54.1. The van der Waals surface area contributed by atoms with E-state index in [2.05, 4.69) is 15.6 Å². The van der Waals surface area contributed by atoms with Gasteiger partial charge >= 0.3 is 12.1 Å². The maximum atomic E-state index is 14.9. The van der Waals surface area contributed by atoms with Crippen LogP contribution >= 0.6 is 11.3 Å². The number of halogens is 4. The van der Waals surface area contributed by atoms with Crippen LogP contribution in [0.3, 0.4) is 0 Å². The van der Waals surface area contributed by atoms with Gasteiger partial charge in [0, 0.05) is 5.56 Å². The van der Waals surface area contributed by atoms with Crippen LogP contribution in [0.1, 0.15) is 35.2 Å². The Labute approximate surface area is 218 Å². The van der Waals surface area contributed by atoms with Crippen LogP contribution in [0.25, 0.3) is 21.3 Å². The molecule has 0 unspecified atom stereocenters. The molecule has 38 heavy (non-hydrogen) atoms. The maximum Gasteiger partial charge on any atom is 0.416 e. The molecule has 1 heterocycles. The fourth-order valence-corrected chi connectivity index (χ4v) is 4.95. The molecule has 0 spiro atoms. The zero-order chi connectivity index (χ0) is 27.0. The van der Waals surface area contributed by atoms with Crippen LogP contribution in [-0.4, -0.2) is 28.0 Å². The van der Waals surface area contributed by atoms with Gasteiger partial charge in [-0.25, -0.2) is 14.2 Å². The number of amides is 1. The molecule has 0 aliphatic heterocycles. The van der Waals surface area contributed by atoms with Crippen LogP contribution in [0.2, 0.25) is 0 Å². The van der Waals surface area contributed by atoms with Crippen molar-refractivity contribution in [3.8, 4) is 11.1 Å². The highest BCUT2D eigenvalue weighted by Gasteiger charge is 2.31. The topological polar surface area (TPSA) is 91.3 Å². The summed E-state index contributed by atoms with van der Waals surface area (Å²) in [5, 5.41) is 15.0. The third kappa shape index (κ3) is 5.77. The van der Waals surface area contributed by atoms with Crippen molar-refractivity contribution in [3.05, 3.63) is 77.6 Å². The van der Waals surface area contributed by atoms with Crippen molar-refractivity contribution in [1.82, 2.24) is 10.3 Å². The molecule has 3 aromatic carbocycles. The first-order chi connectivity index (χ1) is 18.1. The molecule has 1 atom stereocenters. The Hall–Kier alpha value is -3.99. The second-order valence-electron chi connectivity index (χ2n) is 9.14. The molecule has 1 amide bonds. The molecule has 6 nitrogen and oxygen atoms in total. The summed E-state index contributed by atoms with van der Waals surface area (Å²) in [6.07, 6.45) is -2.11. The van der Waals surface area contributed by atoms with Crippen molar-refractivity contribution in [3.63, 3.8) is 0 Å². The van der Waals surface area contributed by atoms with E-state index in [4.69, 9.17) is 0 Å². The van der Waals surface area contributed by atoms with Crippen LogP contribution < -0.4 is 10.6 Å². The quantitative estimate of drug-likeness (QED) is 0.212. The summed E-state index contributed by atoms with van der Waals surface area (Å²) in [5.74, 6) is -1.82. The summed E-state index contributed by atoms with van der Waals surface area (Å²) in [6.45, 7) is 0. The van der Waals surface area contributed by atoms with Gasteiger partial charge in [0.25, 0.3) is 5.91 Å². The fourth-order valence-electron chi connectivity index (χ4n) is 4.03. The highest BCUT2D eigenvalue weighted by atomic mass is 32.1. The van der Waals surface area contributed by atoms with E-state index in [0.717, 1.165) is 36.3 Å². The molecule has 3 N–H and O–H groups in total. The fraction of sp³-hybridized carbons (Fsp3) is 0.222. The number of carbonyl (C=O) groups excluding carboxylic acids is 1. The second-order valence-corrected chi connectivity index (χ2v) is 10.2. The predicted octanol–water partition coefficient (Wildman–Crippen LogP) is 6.85. The van der Waals surface area contributed by atoms with Crippen LogP contribution in [0.4, 0.5) is 28.4 Å². The molecule has 11 heteroatoms. The number of aromatic nitrogens is 1. The number of nitrogens with one attached hydrogen (secondary N) is 2. The average molecular weight is 544 g/mol. The Morgan fingerprint density at radius 3 is 2.37 bits per heavy atom. The summed E-state index contributed by atoms with van der Waals surface area (Å²) in [6, 6.07) is 13.1. The lowest BCUT2D eigenvalue weighted by atomic mass is 10.0. The number of carbonyl (C=O) groups is 2. The lowest BCUT2D eigenvalue weighted by Crippen LogP contribution is -2.41. The van der Waals surface area contributed by atoms with E-state index in [1.807, 2.05) is 0 Å². The minimum atomic E-state index is -4.47. The molecule has 5 rings (SSSR count). The normalized spacial score (nSPS) is 14.3. The zero-order valence-corrected chi connectivity index (χ0v) is 20.5. The Morgan fingerprint density at radius 1 is 1.03 bits per heavy atom. The first-order valence-electron chi connectivity index (χ1n) is 11.8. The van der Waals surface area contributed by atoms with Gasteiger partial charge in [0.15, 0.2) is 5.13 Å². The van der Waals surface area contributed by atoms with Crippen LogP contribution in [-0.2, 0) is 11.0 Å². The van der Waals surface area contributed by atoms with Gasteiger partial charge in [-0.2, -0.15) is 13.2 Å². The Morgan fingerprint density at radius 2 is 1.74 bits per heavy atom. The number of aliphatic carboxylic acids is 1. The maximum absolute atomic E-state index is 14.9. The van der Waals surface area contributed by atoms with Gasteiger partial charge in [-0.15, -0.1) is 0 Å². The minimum Gasteiger partial charge on any atom is -0.480 e. The predicted molar refractivity (Wildman–Crippen MR) is 136 cm³/mol. The average Bonchev–Trinajstić information content (AvgIpc) is 3.60. The van der Waals surface area contributed by atoms with E-state index < -0.39 is 35.5 Å². The molecule has 1 aliphatic rings. The van der Waals surface area contributed by atoms with Crippen molar-refractivity contribution < 1.29 is 32.3 Å². The number of fused-ring (bicyclic) bond motifs is 1. The summed E-state index contributed by atoms with van der Waals surface area (Å²) in [4.78, 5) is 28.2. The molecule has 0 radical (unpaired) electrons. The monoisotopic (exact) mass is 543 g/mol. The Bertz CT molecular complexity index is 1510. The SMILES string of the molecule is O=C(N[C@@H](CC1CC1)C(=O)O)c1ccc(-c2ccc(Nc3nc4ccc(C(F)(F)F)cc4s3)c(F)c2)cc1. The van der Waals surface area contributed by atoms with Gasteiger partial charge in [-0.3, -0.25) is 4.79 Å². The lowest BCUT2D eigenvalue weighted by molar-refractivity contribution is -0.139. The number of hydrogen-bond acceptors (Lipinski definition) is 5. The van der Waals surface area contributed by atoms with E-state index >= 15 is 0 Å². The van der Waals surface area contributed by atoms with E-state index in [0.29, 0.717) is 39.2 Å². The largest absolute Gasteiger partial charge is 0.480 e. The summed E-state index contributed by atoms with van der Waals surface area (Å²) in [7, 11) is 0. The summed E-state index contributed by atoms with van der Waals surface area (Å²) >= 11 is 0.985. The number of carboxylic acids is 1. The highest BCUT2D eigenvalue weighted by molar-refractivity contribution is 7.22. The number of nitrogens with zero attached hydrogens (tertiary/aromatic N) is 1. The Balaban J connectivity index is 1.27. The number of anilines is 2. The van der Waals surface area contributed by atoms with Crippen molar-refractivity contribution in [2.75, 3.05) is 5.32 Å². The highest BCUT2D eigenvalue weighted by Crippen LogP contribution is 2.36. The van der Waals surface area contributed by atoms with Crippen LogP contribution in [0.15, 0.2) is 60.7 Å². The molecule has 4 aromatic rings. The number of hydrogen-bond donors (Lipinski definition) is 3. The van der Waals surface area contributed by atoms with Crippen molar-refractivity contribution in [2.24, 2.45) is 5.92 Å². The van der Waals surface area contributed by atoms with Crippen molar-refractivity contribution >= 4 is 44.2 Å². The second kappa shape index (κ2) is 10.1. The third-order valence-corrected chi connectivity index (χ3v) is 7.21. The molecular formula is C27H21F4N3O3S. The van der Waals surface area contributed by atoms with E-state index in [9.17, 15) is 32.3 Å². The molecule has 0 saturated heterocycles. The number of rotatable bonds is 8. The van der Waals surface area contributed by atoms with Crippen molar-refractivity contribution in [2.45, 2.75) is 31.5 Å². The standard InChI is InChI=1S/C27H21F4N3O3S/c28-19-12-17(15-3-5-16(6-4-15)24(35)32-22(25(36)37)11-14-1-2-14)7-9-20(19)33-26-34-21-10-8-18(27(29,30)31)13-23(21)38-26/h3-10,12-14,22H,1-2,11H2,(H,32,35)(H,33,34)(H,36,37)/t22-/m0/s1. The minimum absolute atomic E-state index is 0.107. The van der Waals surface area contributed by atoms with Gasteiger partial charge in [-0.05, 0) is 65.9 Å². The zero-order valence-electron chi connectivity index (χ0n) is 19.7. The van der Waals surface area contributed by atoms with E-state index in [-0.39, 0.29) is 10.8 Å². The molecule has 1 saturated carbocycles. The van der Waals surface area contributed by atoms with Crippen LogP contribution in [0, 0.1) is 11.7 Å². The molecule has 0 bridgehead atoms. The van der Waals surface area contributed by atoms with Gasteiger partial charge < -0.3 is 15.7 Å². The number of alkyl halides is 3. The van der Waals surface area contributed by atoms with Crippen molar-refractivity contribution in [1.29, 1.82) is 0 Å². The molecule has 1 aromatic heterocycles. The van der Waals surface area contributed by atoms with Crippen LogP contribution in [0.5, 0.6) is 0 Å². The lowest BCUT2D eigenvalue weighted by Gasteiger charge is -2.14. The first-order valence-corrected chi connectivity index (χ1v) is 12.6. The van der Waals surface area contributed by atoms with Gasteiger partial charge in [-0.1, -0.05) is 42.4 Å². The van der Waals surface area contributed by atoms with E-state index in [1.54, 1.807) is 30.3 Å². The number of carboxylic acid groups (broad SMARTS) is 1. The molecule has 1 fully saturated rings. The first kappa shape index (κ1) is 25.7. The molecule has 196 valence electrons. The van der Waals surface area contributed by atoms with Gasteiger partial charge in [0.05, 0.1) is 21.5 Å². The molecular weight excluding hydrogens is 522 g/mol. The summed E-state index contributed by atoms with van der Waals surface area (Å²) in [5.41, 5.74) is 1.16. The third-order valence-electron chi connectivity index (χ3n) is 6.28. The van der Waals surface area contributed by atoms with Gasteiger partial charge in [0.2, 0.25) is 0 Å². The Kier molecular flexibility index (Phi) is 6.78. The number of benzene rings is 3.